The van der Waals surface area contributed by atoms with Crippen molar-refractivity contribution < 1.29 is 4.52 Å². The molecule has 10 heavy (non-hydrogen) atoms. The first-order valence-corrected chi connectivity index (χ1v) is 2.89. The first kappa shape index (κ1) is 9.39. The molecular weight excluding hydrogens is 154 g/mol. The third-order valence-corrected chi connectivity index (χ3v) is 1.00. The summed E-state index contributed by atoms with van der Waals surface area (Å²) < 4.78 is 4.72. The van der Waals surface area contributed by atoms with E-state index in [-0.39, 0.29) is 12.4 Å². The highest BCUT2D eigenvalue weighted by molar-refractivity contribution is 5.85. The topological polar surface area (TPSA) is 64.9 Å². The van der Waals surface area contributed by atoms with E-state index in [1.54, 1.807) is 0 Å². The molecule has 0 bridgehead atoms. The lowest BCUT2D eigenvalue weighted by molar-refractivity contribution is 0.375. The number of aromatic nitrogens is 2. The molecule has 0 fully saturated rings. The van der Waals surface area contributed by atoms with Crippen molar-refractivity contribution >= 4 is 12.4 Å². The van der Waals surface area contributed by atoms with Crippen molar-refractivity contribution in [2.45, 2.75) is 12.8 Å². The molecule has 1 aromatic heterocycles. The van der Waals surface area contributed by atoms with Gasteiger partial charge < -0.3 is 10.3 Å². The Bertz CT molecular complexity index is 154. The fourth-order valence-corrected chi connectivity index (χ4v) is 0.559. The van der Waals surface area contributed by atoms with E-state index in [4.69, 9.17) is 10.3 Å². The normalized spacial score (nSPS) is 8.90. The second kappa shape index (κ2) is 5.20. The molecule has 0 aliphatic rings. The van der Waals surface area contributed by atoms with Gasteiger partial charge in [0.05, 0.1) is 0 Å². The quantitative estimate of drug-likeness (QED) is 0.700. The van der Waals surface area contributed by atoms with Gasteiger partial charge in [0.15, 0.2) is 6.33 Å². The van der Waals surface area contributed by atoms with E-state index in [9.17, 15) is 0 Å². The van der Waals surface area contributed by atoms with E-state index in [1.165, 1.54) is 6.33 Å². The highest BCUT2D eigenvalue weighted by atomic mass is 35.5. The van der Waals surface area contributed by atoms with Crippen LogP contribution in [0.2, 0.25) is 0 Å². The minimum atomic E-state index is 0. The van der Waals surface area contributed by atoms with Crippen molar-refractivity contribution in [3.05, 3.63) is 12.2 Å². The van der Waals surface area contributed by atoms with E-state index in [2.05, 4.69) is 10.1 Å². The Hall–Kier alpha value is -0.610. The number of nitrogens with two attached hydrogens (primary N) is 1. The van der Waals surface area contributed by atoms with Gasteiger partial charge in [-0.05, 0) is 13.0 Å². The molecule has 0 spiro atoms. The Morgan fingerprint density at radius 1 is 1.60 bits per heavy atom. The van der Waals surface area contributed by atoms with Crippen LogP contribution in [0.3, 0.4) is 0 Å². The van der Waals surface area contributed by atoms with Gasteiger partial charge in [-0.2, -0.15) is 4.98 Å². The fourth-order valence-electron chi connectivity index (χ4n) is 0.559. The van der Waals surface area contributed by atoms with Gasteiger partial charge >= 0.3 is 0 Å². The summed E-state index contributed by atoms with van der Waals surface area (Å²) >= 11 is 0. The molecule has 0 amide bonds. The molecule has 4 nitrogen and oxygen atoms in total. The molecule has 0 unspecified atom stereocenters. The van der Waals surface area contributed by atoms with Crippen LogP contribution < -0.4 is 5.73 Å². The Morgan fingerprint density at radius 2 is 2.40 bits per heavy atom. The molecule has 2 N–H and O–H groups in total. The van der Waals surface area contributed by atoms with Gasteiger partial charge in [-0.3, -0.25) is 0 Å². The molecule has 1 rings (SSSR count). The minimum absolute atomic E-state index is 0. The van der Waals surface area contributed by atoms with E-state index >= 15 is 0 Å². The van der Waals surface area contributed by atoms with Gasteiger partial charge in [0.2, 0.25) is 5.89 Å². The van der Waals surface area contributed by atoms with Crippen LogP contribution in [0.4, 0.5) is 0 Å². The van der Waals surface area contributed by atoms with Gasteiger partial charge in [0.25, 0.3) is 0 Å². The average Bonchev–Trinajstić information content (AvgIpc) is 2.34. The Labute approximate surface area is 65.2 Å². The lowest BCUT2D eigenvalue weighted by Crippen LogP contribution is -2.00. The van der Waals surface area contributed by atoms with Gasteiger partial charge in [-0.1, -0.05) is 5.16 Å². The van der Waals surface area contributed by atoms with Crippen LogP contribution >= 0.6 is 12.4 Å². The Kier molecular flexibility index (Phi) is 4.88. The first-order chi connectivity index (χ1) is 4.43. The van der Waals surface area contributed by atoms with Crippen molar-refractivity contribution in [3.8, 4) is 0 Å². The maximum Gasteiger partial charge on any atom is 0.226 e. The third-order valence-electron chi connectivity index (χ3n) is 1.00. The van der Waals surface area contributed by atoms with Crippen LogP contribution in [0.15, 0.2) is 10.9 Å². The molecule has 0 aliphatic carbocycles. The van der Waals surface area contributed by atoms with Gasteiger partial charge in [-0.25, -0.2) is 0 Å². The predicted molar refractivity (Wildman–Crippen MR) is 38.9 cm³/mol. The number of nitrogens with zero attached hydrogens (tertiary/aromatic N) is 2. The summed E-state index contributed by atoms with van der Waals surface area (Å²) in [5, 5.41) is 3.45. The van der Waals surface area contributed by atoms with Gasteiger partial charge in [-0.15, -0.1) is 12.4 Å². The summed E-state index contributed by atoms with van der Waals surface area (Å²) in [4.78, 5) is 3.82. The number of halogens is 1. The van der Waals surface area contributed by atoms with Crippen LogP contribution in [-0.2, 0) is 6.42 Å². The van der Waals surface area contributed by atoms with Crippen molar-refractivity contribution in [2.24, 2.45) is 5.73 Å². The summed E-state index contributed by atoms with van der Waals surface area (Å²) in [7, 11) is 0. The molecule has 58 valence electrons. The molecular formula is C5H10ClN3O. The maximum atomic E-state index is 5.26. The second-order valence-corrected chi connectivity index (χ2v) is 1.73. The number of hydrogen-bond donors (Lipinski definition) is 1. The monoisotopic (exact) mass is 163 g/mol. The highest BCUT2D eigenvalue weighted by Crippen LogP contribution is 1.93. The van der Waals surface area contributed by atoms with Crippen molar-refractivity contribution in [1.29, 1.82) is 0 Å². The number of rotatable bonds is 3. The van der Waals surface area contributed by atoms with Crippen molar-refractivity contribution in [3.63, 3.8) is 0 Å². The van der Waals surface area contributed by atoms with Gasteiger partial charge in [0.1, 0.15) is 0 Å². The van der Waals surface area contributed by atoms with Crippen LogP contribution in [0, 0.1) is 0 Å². The third kappa shape index (κ3) is 2.80. The molecule has 0 aliphatic heterocycles. The lowest BCUT2D eigenvalue weighted by Gasteiger charge is -1.87. The molecule has 0 saturated carbocycles. The number of aryl methyl sites for hydroxylation is 1. The summed E-state index contributed by atoms with van der Waals surface area (Å²) in [6, 6.07) is 0. The van der Waals surface area contributed by atoms with E-state index < -0.39 is 0 Å². The van der Waals surface area contributed by atoms with Crippen LogP contribution in [-0.4, -0.2) is 16.7 Å². The zero-order chi connectivity index (χ0) is 6.53. The maximum absolute atomic E-state index is 5.26. The smallest absolute Gasteiger partial charge is 0.226 e. The second-order valence-electron chi connectivity index (χ2n) is 1.73. The summed E-state index contributed by atoms with van der Waals surface area (Å²) in [6.45, 7) is 0.669. The SMILES string of the molecule is Cl.NCCCc1ncno1. The van der Waals surface area contributed by atoms with Crippen molar-refractivity contribution in [2.75, 3.05) is 6.54 Å². The van der Waals surface area contributed by atoms with Gasteiger partial charge in [0, 0.05) is 6.42 Å². The van der Waals surface area contributed by atoms with Crippen molar-refractivity contribution in [1.82, 2.24) is 10.1 Å². The van der Waals surface area contributed by atoms with E-state index in [0.29, 0.717) is 12.4 Å². The molecule has 0 radical (unpaired) electrons. The first-order valence-electron chi connectivity index (χ1n) is 2.89. The zero-order valence-corrected chi connectivity index (χ0v) is 6.30. The standard InChI is InChI=1S/C5H9N3O.ClH/c6-3-1-2-5-7-4-8-9-5;/h4H,1-3,6H2;1H. The molecule has 1 aromatic rings. The Morgan fingerprint density at radius 3 is 2.90 bits per heavy atom. The van der Waals surface area contributed by atoms with Crippen LogP contribution in [0.5, 0.6) is 0 Å². The minimum Gasteiger partial charge on any atom is -0.340 e. The van der Waals surface area contributed by atoms with Crippen LogP contribution in [0.25, 0.3) is 0 Å². The molecule has 0 saturated heterocycles. The molecule has 1 heterocycles. The largest absolute Gasteiger partial charge is 0.340 e. The van der Waals surface area contributed by atoms with E-state index in [1.807, 2.05) is 0 Å². The molecule has 0 atom stereocenters. The molecule has 0 aromatic carbocycles. The predicted octanol–water partition coefficient (Wildman–Crippen LogP) is 0.383. The molecule has 5 heteroatoms. The highest BCUT2D eigenvalue weighted by Gasteiger charge is 1.94. The van der Waals surface area contributed by atoms with Crippen LogP contribution in [0.1, 0.15) is 12.3 Å². The summed E-state index contributed by atoms with van der Waals surface area (Å²) in [6.07, 6.45) is 3.09. The Balaban J connectivity index is 0.000000810. The average molecular weight is 164 g/mol. The summed E-state index contributed by atoms with van der Waals surface area (Å²) in [5.74, 6) is 0.667. The lowest BCUT2D eigenvalue weighted by atomic mass is 10.3. The van der Waals surface area contributed by atoms with E-state index in [0.717, 1.165) is 12.8 Å². The fraction of sp³-hybridized carbons (Fsp3) is 0.600. The summed E-state index contributed by atoms with van der Waals surface area (Å²) in [5.41, 5.74) is 5.26. The number of hydrogen-bond acceptors (Lipinski definition) is 4. The zero-order valence-electron chi connectivity index (χ0n) is 5.49.